The minimum Gasteiger partial charge on any atom is -0.507 e. The smallest absolute Gasteiger partial charge is 0.306 e. The zero-order valence-corrected chi connectivity index (χ0v) is 17.1. The molecule has 3 aromatic rings. The number of hydrogen-bond acceptors (Lipinski definition) is 5. The highest BCUT2D eigenvalue weighted by Crippen LogP contribution is 2.32. The van der Waals surface area contributed by atoms with E-state index in [1.54, 1.807) is 31.2 Å². The summed E-state index contributed by atoms with van der Waals surface area (Å²) in [5, 5.41) is 10.4. The number of aromatic amines is 1. The molecule has 2 aromatic carbocycles. The molecule has 6 nitrogen and oxygen atoms in total. The summed E-state index contributed by atoms with van der Waals surface area (Å²) in [5.41, 5.74) is 2.16. The molecule has 1 aromatic heterocycles. The number of benzene rings is 2. The van der Waals surface area contributed by atoms with Gasteiger partial charge in [0.15, 0.2) is 0 Å². The molecular weight excluding hydrogens is 382 g/mol. The number of ether oxygens (including phenoxy) is 2. The summed E-state index contributed by atoms with van der Waals surface area (Å²) in [5.74, 6) is -0.565. The molecule has 0 bridgehead atoms. The molecule has 0 saturated carbocycles. The van der Waals surface area contributed by atoms with Gasteiger partial charge in [-0.1, -0.05) is 42.5 Å². The van der Waals surface area contributed by atoms with Crippen LogP contribution in [0.15, 0.2) is 65.5 Å². The quantitative estimate of drug-likeness (QED) is 0.556. The van der Waals surface area contributed by atoms with Crippen LogP contribution in [0.3, 0.4) is 0 Å². The van der Waals surface area contributed by atoms with Crippen LogP contribution in [0, 0.1) is 6.92 Å². The van der Waals surface area contributed by atoms with E-state index < -0.39 is 17.4 Å². The lowest BCUT2D eigenvalue weighted by molar-refractivity contribution is -0.140. The molecule has 0 aliphatic carbocycles. The van der Waals surface area contributed by atoms with Gasteiger partial charge in [-0.25, -0.2) is 0 Å². The second-order valence-corrected chi connectivity index (χ2v) is 7.07. The summed E-state index contributed by atoms with van der Waals surface area (Å²) in [6, 6.07) is 18.7. The summed E-state index contributed by atoms with van der Waals surface area (Å²) in [6.45, 7) is 2.22. The number of carbonyl (C=O) groups is 1. The summed E-state index contributed by atoms with van der Waals surface area (Å²) in [6.07, 6.45) is 0.727. The van der Waals surface area contributed by atoms with Crippen LogP contribution in [0.25, 0.3) is 0 Å². The second-order valence-electron chi connectivity index (χ2n) is 7.07. The van der Waals surface area contributed by atoms with Gasteiger partial charge in [-0.2, -0.15) is 0 Å². The molecular formula is C24H25NO5. The van der Waals surface area contributed by atoms with Crippen molar-refractivity contribution in [3.05, 3.63) is 93.4 Å². The fourth-order valence-electron chi connectivity index (χ4n) is 3.38. The SMILES string of the molecule is COC(=O)C[C@H](c1ccc(OCCc2ccccc2)cc1)c1c(O)cc(C)[nH]c1=O. The number of esters is 1. The van der Waals surface area contributed by atoms with E-state index in [1.165, 1.54) is 18.7 Å². The van der Waals surface area contributed by atoms with E-state index >= 15 is 0 Å². The van der Waals surface area contributed by atoms with Gasteiger partial charge >= 0.3 is 5.97 Å². The average molecular weight is 407 g/mol. The van der Waals surface area contributed by atoms with Gasteiger partial charge in [-0.15, -0.1) is 0 Å². The highest BCUT2D eigenvalue weighted by atomic mass is 16.5. The third kappa shape index (κ3) is 5.29. The Kier molecular flexibility index (Phi) is 6.91. The van der Waals surface area contributed by atoms with Gasteiger partial charge in [-0.05, 0) is 36.2 Å². The van der Waals surface area contributed by atoms with Gasteiger partial charge in [0.05, 0.1) is 25.7 Å². The highest BCUT2D eigenvalue weighted by molar-refractivity contribution is 5.71. The molecule has 0 fully saturated rings. The molecule has 0 amide bonds. The molecule has 156 valence electrons. The van der Waals surface area contributed by atoms with Crippen LogP contribution in [0.1, 0.15) is 34.7 Å². The number of aryl methyl sites for hydroxylation is 1. The van der Waals surface area contributed by atoms with Crippen LogP contribution in [-0.4, -0.2) is 29.8 Å². The van der Waals surface area contributed by atoms with Crippen molar-refractivity contribution in [1.82, 2.24) is 4.98 Å². The number of hydrogen-bond donors (Lipinski definition) is 2. The Morgan fingerprint density at radius 3 is 2.43 bits per heavy atom. The van der Waals surface area contributed by atoms with Crippen molar-refractivity contribution in [1.29, 1.82) is 0 Å². The predicted octanol–water partition coefficient (Wildman–Crippen LogP) is 3.71. The number of carbonyl (C=O) groups excluding carboxylic acids is 1. The van der Waals surface area contributed by atoms with Gasteiger partial charge in [0.1, 0.15) is 11.5 Å². The summed E-state index contributed by atoms with van der Waals surface area (Å²) >= 11 is 0. The van der Waals surface area contributed by atoms with Crippen molar-refractivity contribution in [2.24, 2.45) is 0 Å². The molecule has 0 saturated heterocycles. The standard InChI is InChI=1S/C24H25NO5/c1-16-14-21(26)23(24(28)25-16)20(15-22(27)29-2)18-8-10-19(11-9-18)30-13-12-17-6-4-3-5-7-17/h3-11,14,20H,12-13,15H2,1-2H3,(H2,25,26,28)/t20-/m1/s1. The first kappa shape index (κ1) is 21.2. The van der Waals surface area contributed by atoms with E-state index in [2.05, 4.69) is 17.1 Å². The monoisotopic (exact) mass is 407 g/mol. The first-order valence-corrected chi connectivity index (χ1v) is 9.74. The molecule has 30 heavy (non-hydrogen) atoms. The van der Waals surface area contributed by atoms with Gasteiger partial charge in [0.2, 0.25) is 0 Å². The van der Waals surface area contributed by atoms with Crippen LogP contribution in [0.4, 0.5) is 0 Å². The minimum absolute atomic E-state index is 0.0651. The number of pyridine rings is 1. The van der Waals surface area contributed by atoms with E-state index in [-0.39, 0.29) is 17.7 Å². The Morgan fingerprint density at radius 2 is 1.80 bits per heavy atom. The van der Waals surface area contributed by atoms with E-state index in [0.717, 1.165) is 6.42 Å². The maximum absolute atomic E-state index is 12.5. The Hall–Kier alpha value is -3.54. The minimum atomic E-state index is -0.639. The first-order chi connectivity index (χ1) is 14.5. The number of methoxy groups -OCH3 is 1. The molecule has 3 rings (SSSR count). The lowest BCUT2D eigenvalue weighted by Crippen LogP contribution is -2.20. The largest absolute Gasteiger partial charge is 0.507 e. The van der Waals surface area contributed by atoms with Crippen molar-refractivity contribution >= 4 is 5.97 Å². The number of H-pyrrole nitrogens is 1. The topological polar surface area (TPSA) is 88.6 Å². The van der Waals surface area contributed by atoms with E-state index in [0.29, 0.717) is 23.6 Å². The van der Waals surface area contributed by atoms with E-state index in [9.17, 15) is 14.7 Å². The van der Waals surface area contributed by atoms with E-state index in [1.807, 2.05) is 18.2 Å². The predicted molar refractivity (Wildman–Crippen MR) is 114 cm³/mol. The number of nitrogens with one attached hydrogen (secondary N) is 1. The molecule has 0 radical (unpaired) electrons. The summed E-state index contributed by atoms with van der Waals surface area (Å²) in [7, 11) is 1.29. The second kappa shape index (κ2) is 9.78. The van der Waals surface area contributed by atoms with Crippen molar-refractivity contribution in [3.63, 3.8) is 0 Å². The third-order valence-corrected chi connectivity index (χ3v) is 4.92. The van der Waals surface area contributed by atoms with Crippen LogP contribution in [0.5, 0.6) is 11.5 Å². The maximum atomic E-state index is 12.5. The molecule has 0 unspecified atom stereocenters. The lowest BCUT2D eigenvalue weighted by atomic mass is 9.88. The molecule has 1 atom stereocenters. The summed E-state index contributed by atoms with van der Waals surface area (Å²) < 4.78 is 10.6. The van der Waals surface area contributed by atoms with Crippen molar-refractivity contribution in [2.75, 3.05) is 13.7 Å². The van der Waals surface area contributed by atoms with Crippen LogP contribution in [0.2, 0.25) is 0 Å². The van der Waals surface area contributed by atoms with Crippen molar-refractivity contribution in [3.8, 4) is 11.5 Å². The normalized spacial score (nSPS) is 11.7. The number of aromatic hydroxyl groups is 1. The molecule has 0 aliphatic rings. The van der Waals surface area contributed by atoms with Crippen molar-refractivity contribution in [2.45, 2.75) is 25.7 Å². The number of aromatic nitrogens is 1. The van der Waals surface area contributed by atoms with Crippen LogP contribution >= 0.6 is 0 Å². The van der Waals surface area contributed by atoms with Crippen LogP contribution < -0.4 is 10.3 Å². The maximum Gasteiger partial charge on any atom is 0.306 e. The fraction of sp³-hybridized carbons (Fsp3) is 0.250. The third-order valence-electron chi connectivity index (χ3n) is 4.92. The molecule has 0 aliphatic heterocycles. The molecule has 1 heterocycles. The first-order valence-electron chi connectivity index (χ1n) is 9.74. The lowest BCUT2D eigenvalue weighted by Gasteiger charge is -2.18. The van der Waals surface area contributed by atoms with Gasteiger partial charge in [0, 0.05) is 18.0 Å². The number of rotatable bonds is 8. The zero-order valence-electron chi connectivity index (χ0n) is 17.1. The zero-order chi connectivity index (χ0) is 21.5. The highest BCUT2D eigenvalue weighted by Gasteiger charge is 2.25. The Bertz CT molecular complexity index is 1040. The molecule has 6 heteroatoms. The van der Waals surface area contributed by atoms with Gasteiger partial charge in [-0.3, -0.25) is 9.59 Å². The van der Waals surface area contributed by atoms with Gasteiger partial charge < -0.3 is 19.6 Å². The Balaban J connectivity index is 1.79. The van der Waals surface area contributed by atoms with E-state index in [4.69, 9.17) is 9.47 Å². The average Bonchev–Trinajstić information content (AvgIpc) is 2.73. The summed E-state index contributed by atoms with van der Waals surface area (Å²) in [4.78, 5) is 27.1. The van der Waals surface area contributed by atoms with Crippen LogP contribution in [-0.2, 0) is 16.0 Å². The van der Waals surface area contributed by atoms with Crippen molar-refractivity contribution < 1.29 is 19.4 Å². The molecule has 0 spiro atoms. The Labute approximate surface area is 175 Å². The fourth-order valence-corrected chi connectivity index (χ4v) is 3.38. The van der Waals surface area contributed by atoms with Gasteiger partial charge in [0.25, 0.3) is 5.56 Å². The Morgan fingerprint density at radius 1 is 1.10 bits per heavy atom. The molecule has 2 N–H and O–H groups in total.